The summed E-state index contributed by atoms with van der Waals surface area (Å²) in [5.74, 6) is 6.09. The van der Waals surface area contributed by atoms with Crippen LogP contribution in [0, 0.1) is 11.8 Å². The van der Waals surface area contributed by atoms with Crippen LogP contribution in [-0.2, 0) is 4.74 Å². The number of hydrogen-bond acceptors (Lipinski definition) is 7. The first-order valence-electron chi connectivity index (χ1n) is 8.42. The minimum atomic E-state index is -0.333. The van der Waals surface area contributed by atoms with Gasteiger partial charge in [-0.2, -0.15) is 0 Å². The highest BCUT2D eigenvalue weighted by molar-refractivity contribution is 8.01. The zero-order chi connectivity index (χ0) is 19.2. The van der Waals surface area contributed by atoms with E-state index >= 15 is 0 Å². The molecule has 0 saturated heterocycles. The zero-order valence-corrected chi connectivity index (χ0v) is 17.1. The van der Waals surface area contributed by atoms with Gasteiger partial charge in [0.1, 0.15) is 9.88 Å². The molecule has 7 heteroatoms. The number of esters is 1. The van der Waals surface area contributed by atoms with E-state index in [1.54, 1.807) is 17.4 Å². The van der Waals surface area contributed by atoms with Gasteiger partial charge < -0.3 is 4.74 Å². The van der Waals surface area contributed by atoms with Gasteiger partial charge in [-0.3, -0.25) is 0 Å². The van der Waals surface area contributed by atoms with Crippen molar-refractivity contribution in [3.05, 3.63) is 64.9 Å². The maximum atomic E-state index is 11.7. The van der Waals surface area contributed by atoms with E-state index in [1.807, 2.05) is 29.6 Å². The molecule has 0 atom stereocenters. The Labute approximate surface area is 174 Å². The molecule has 0 radical (unpaired) electrons. The number of hydrogen-bond donors (Lipinski definition) is 0. The second kappa shape index (κ2) is 9.02. The molecule has 0 N–H and O–H groups in total. The lowest BCUT2D eigenvalue weighted by Crippen LogP contribution is -2.02. The van der Waals surface area contributed by atoms with Crippen LogP contribution < -0.4 is 0 Å². The predicted molar refractivity (Wildman–Crippen MR) is 116 cm³/mol. The number of benzene rings is 2. The normalized spacial score (nSPS) is 10.4. The molecule has 2 aromatic carbocycles. The molecule has 0 unspecified atom stereocenters. The fraction of sp³-hybridized carbons (Fsp3) is 0.0952. The van der Waals surface area contributed by atoms with Crippen molar-refractivity contribution >= 4 is 51.2 Å². The molecular formula is C21H14N2O2S3. The lowest BCUT2D eigenvalue weighted by Gasteiger charge is -2.02. The van der Waals surface area contributed by atoms with E-state index in [9.17, 15) is 4.79 Å². The van der Waals surface area contributed by atoms with Gasteiger partial charge in [0.15, 0.2) is 10.9 Å². The Hall–Kier alpha value is -2.66. The summed E-state index contributed by atoms with van der Waals surface area (Å²) in [6, 6.07) is 18.0. The monoisotopic (exact) mass is 422 g/mol. The maximum absolute atomic E-state index is 11.7. The van der Waals surface area contributed by atoms with E-state index in [0.29, 0.717) is 10.6 Å². The summed E-state index contributed by atoms with van der Waals surface area (Å²) in [6.45, 7) is 0.0919. The molecule has 0 bridgehead atoms. The third kappa shape index (κ3) is 4.42. The summed E-state index contributed by atoms with van der Waals surface area (Å²) < 4.78 is 5.97. The van der Waals surface area contributed by atoms with Crippen LogP contribution in [0.5, 0.6) is 0 Å². The highest BCUT2D eigenvalue weighted by Gasteiger charge is 2.10. The second-order valence-corrected chi connectivity index (χ2v) is 8.74. The zero-order valence-electron chi connectivity index (χ0n) is 14.6. The first-order chi connectivity index (χ1) is 13.8. The van der Waals surface area contributed by atoms with Gasteiger partial charge in [0.05, 0.1) is 5.75 Å². The Bertz CT molecular complexity index is 1150. The fourth-order valence-corrected chi connectivity index (χ4v) is 4.83. The van der Waals surface area contributed by atoms with Crippen LogP contribution >= 0.6 is 34.4 Å². The topological polar surface area (TPSA) is 52.1 Å². The third-order valence-corrected chi connectivity index (χ3v) is 6.64. The second-order valence-electron chi connectivity index (χ2n) is 5.60. The van der Waals surface area contributed by atoms with Crippen molar-refractivity contribution in [2.45, 2.75) is 4.34 Å². The molecule has 0 saturated carbocycles. The number of aromatic nitrogens is 2. The van der Waals surface area contributed by atoms with Crippen LogP contribution in [0.25, 0.3) is 21.3 Å². The number of thiophene rings is 1. The molecule has 4 rings (SSSR count). The van der Waals surface area contributed by atoms with Crippen LogP contribution in [0.3, 0.4) is 0 Å². The number of nitrogens with zero attached hydrogens (tertiary/aromatic N) is 2. The van der Waals surface area contributed by atoms with Gasteiger partial charge in [0.25, 0.3) is 0 Å². The highest BCUT2D eigenvalue weighted by Crippen LogP contribution is 2.33. The molecule has 2 heterocycles. The van der Waals surface area contributed by atoms with Crippen LogP contribution in [-0.4, -0.2) is 28.5 Å². The van der Waals surface area contributed by atoms with Gasteiger partial charge in [-0.25, -0.2) is 4.79 Å². The SMILES string of the molecule is O=C(OCC#CCSc1nnc(-c2cccc3ccccc23)s1)c1cccs1. The van der Waals surface area contributed by atoms with Crippen molar-refractivity contribution in [2.24, 2.45) is 0 Å². The van der Waals surface area contributed by atoms with E-state index in [4.69, 9.17) is 4.74 Å². The van der Waals surface area contributed by atoms with Crippen molar-refractivity contribution in [1.82, 2.24) is 10.2 Å². The van der Waals surface area contributed by atoms with Gasteiger partial charge >= 0.3 is 5.97 Å². The number of carbonyl (C=O) groups excluding carboxylic acids is 1. The van der Waals surface area contributed by atoms with E-state index < -0.39 is 0 Å². The minimum Gasteiger partial charge on any atom is -0.448 e. The predicted octanol–water partition coefficient (Wildman–Crippen LogP) is 5.37. The summed E-state index contributed by atoms with van der Waals surface area (Å²) in [7, 11) is 0. The van der Waals surface area contributed by atoms with Gasteiger partial charge in [-0.1, -0.05) is 83.5 Å². The maximum Gasteiger partial charge on any atom is 0.349 e. The van der Waals surface area contributed by atoms with E-state index in [1.165, 1.54) is 33.9 Å². The molecule has 4 nitrogen and oxygen atoms in total. The van der Waals surface area contributed by atoms with Crippen molar-refractivity contribution < 1.29 is 9.53 Å². The number of carbonyl (C=O) groups is 1. The Morgan fingerprint density at radius 3 is 2.82 bits per heavy atom. The molecule has 28 heavy (non-hydrogen) atoms. The molecule has 0 aliphatic rings. The van der Waals surface area contributed by atoms with Crippen LogP contribution in [0.1, 0.15) is 9.67 Å². The van der Waals surface area contributed by atoms with Crippen molar-refractivity contribution in [2.75, 3.05) is 12.4 Å². The number of rotatable bonds is 5. The Balaban J connectivity index is 1.33. The van der Waals surface area contributed by atoms with E-state index in [2.05, 4.69) is 46.3 Å². The highest BCUT2D eigenvalue weighted by atomic mass is 32.2. The summed E-state index contributed by atoms with van der Waals surface area (Å²) in [5.41, 5.74) is 1.09. The molecule has 2 aromatic heterocycles. The molecule has 0 fully saturated rings. The fourth-order valence-electron chi connectivity index (χ4n) is 2.56. The van der Waals surface area contributed by atoms with E-state index in [0.717, 1.165) is 14.9 Å². The van der Waals surface area contributed by atoms with Crippen molar-refractivity contribution in [1.29, 1.82) is 0 Å². The van der Waals surface area contributed by atoms with Crippen molar-refractivity contribution in [3.8, 4) is 22.4 Å². The Morgan fingerprint density at radius 2 is 1.93 bits per heavy atom. The Kier molecular flexibility index (Phi) is 6.02. The van der Waals surface area contributed by atoms with Crippen LogP contribution in [0.2, 0.25) is 0 Å². The number of fused-ring (bicyclic) bond motifs is 1. The Morgan fingerprint density at radius 1 is 1.04 bits per heavy atom. The summed E-state index contributed by atoms with van der Waals surface area (Å²) >= 11 is 4.44. The van der Waals surface area contributed by atoms with Crippen molar-refractivity contribution in [3.63, 3.8) is 0 Å². The molecule has 138 valence electrons. The minimum absolute atomic E-state index is 0.0919. The number of thioether (sulfide) groups is 1. The lowest BCUT2D eigenvalue weighted by molar-refractivity contribution is 0.0562. The summed E-state index contributed by atoms with van der Waals surface area (Å²) in [6.07, 6.45) is 0. The third-order valence-electron chi connectivity index (χ3n) is 3.82. The van der Waals surface area contributed by atoms with E-state index in [-0.39, 0.29) is 12.6 Å². The number of ether oxygens (including phenoxy) is 1. The molecule has 0 spiro atoms. The standard InChI is InChI=1S/C21H14N2O2S3/c24-20(18-11-6-14-26-18)25-12-3-4-13-27-21-23-22-19(28-21)17-10-5-8-15-7-1-2-9-16(15)17/h1-2,5-11,14H,12-13H2. The first kappa shape index (κ1) is 18.7. The molecule has 4 aromatic rings. The van der Waals surface area contributed by atoms with Crippen LogP contribution in [0.4, 0.5) is 0 Å². The van der Waals surface area contributed by atoms with Gasteiger partial charge in [0, 0.05) is 5.56 Å². The largest absolute Gasteiger partial charge is 0.448 e. The molecular weight excluding hydrogens is 408 g/mol. The summed E-state index contributed by atoms with van der Waals surface area (Å²) in [5, 5.41) is 13.7. The average molecular weight is 423 g/mol. The van der Waals surface area contributed by atoms with Gasteiger partial charge in [-0.15, -0.1) is 21.5 Å². The average Bonchev–Trinajstić information content (AvgIpc) is 3.42. The summed E-state index contributed by atoms with van der Waals surface area (Å²) in [4.78, 5) is 12.3. The smallest absolute Gasteiger partial charge is 0.349 e. The molecule has 0 amide bonds. The van der Waals surface area contributed by atoms with Gasteiger partial charge in [-0.05, 0) is 22.2 Å². The lowest BCUT2D eigenvalue weighted by atomic mass is 10.1. The van der Waals surface area contributed by atoms with Crippen LogP contribution in [0.15, 0.2) is 64.3 Å². The van der Waals surface area contributed by atoms with Gasteiger partial charge in [0.2, 0.25) is 0 Å². The molecule has 0 aliphatic carbocycles. The first-order valence-corrected chi connectivity index (χ1v) is 11.1. The quantitative estimate of drug-likeness (QED) is 0.246. The molecule has 0 aliphatic heterocycles.